The van der Waals surface area contributed by atoms with Gasteiger partial charge < -0.3 is 66.7 Å². The first kappa shape index (κ1) is 106. The Morgan fingerprint density at radius 3 is 1.55 bits per heavy atom. The van der Waals surface area contributed by atoms with E-state index < -0.39 is 101 Å². The third kappa shape index (κ3) is 28.2. The Morgan fingerprint density at radius 2 is 1.09 bits per heavy atom. The Labute approximate surface area is 757 Å². The molecule has 10 aliphatic rings. The van der Waals surface area contributed by atoms with Crippen molar-refractivity contribution in [3.63, 3.8) is 0 Å². The average molecular weight is 1810 g/mol. The summed E-state index contributed by atoms with van der Waals surface area (Å²) in [5, 5.41) is 9.03. The van der Waals surface area contributed by atoms with Crippen LogP contribution in [0.2, 0.25) is 0 Å². The lowest BCUT2D eigenvalue weighted by Crippen LogP contribution is -2.63. The fourth-order valence-corrected chi connectivity index (χ4v) is 17.6. The monoisotopic (exact) mass is 1800 g/mol. The topological polar surface area (TPSA) is 277 Å². The summed E-state index contributed by atoms with van der Waals surface area (Å²) in [5.74, 6) is -10.3. The molecule has 27 heteroatoms. The van der Waals surface area contributed by atoms with Crippen LogP contribution in [0.5, 0.6) is 11.5 Å². The second kappa shape index (κ2) is 46.1. The highest BCUT2D eigenvalue weighted by Gasteiger charge is 2.83. The van der Waals surface area contributed by atoms with Gasteiger partial charge in [-0.05, 0) is 254 Å². The molecule has 10 fully saturated rings. The predicted octanol–water partition coefficient (Wildman–Crippen LogP) is 21.3. The summed E-state index contributed by atoms with van der Waals surface area (Å²) in [5.41, 5.74) is 1.29. The smallest absolute Gasteiger partial charge is 0.449 e. The molecule has 0 radical (unpaired) electrons. The number of alkyl halides is 5. The summed E-state index contributed by atoms with van der Waals surface area (Å²) in [4.78, 5) is 95.3. The van der Waals surface area contributed by atoms with Crippen LogP contribution in [-0.2, 0) is 91.3 Å². The van der Waals surface area contributed by atoms with Crippen molar-refractivity contribution in [1.82, 2.24) is 0 Å². The lowest BCUT2D eigenvalue weighted by molar-refractivity contribution is -0.409. The van der Waals surface area contributed by atoms with Crippen LogP contribution in [0, 0.1) is 53.3 Å². The van der Waals surface area contributed by atoms with Crippen LogP contribution < -0.4 is 9.47 Å². The van der Waals surface area contributed by atoms with Crippen LogP contribution in [0.3, 0.4) is 0 Å². The molecule has 2 aliphatic heterocycles. The zero-order valence-corrected chi connectivity index (χ0v) is 77.6. The highest BCUT2D eigenvalue weighted by atomic mass is 19.4. The van der Waals surface area contributed by atoms with E-state index in [0.29, 0.717) is 53.9 Å². The van der Waals surface area contributed by atoms with Crippen molar-refractivity contribution in [1.29, 1.82) is 0 Å². The maximum Gasteiger partial charge on any atom is 0.449 e. The standard InChI is InChI=1S/C22H28O8.C16H20O2.C15H22O3.C13H16O2.C13H18O2.C13H18O.C10H11F5O4/c1-4-22(7-5-6-8-22)30-21(26)16-13-9-12-15(16)20(25)29-18(12)17(13)28-14(23)10-27-19(24)11(2)3;1-13(2)15(17)18-16(11-7-4-8-12-16)14-9-5-3-6-10-14;1-9(2)15(16)18-8-17-14-12-4-10-3-11(6-12)7-13(14)5-10;1-5-10-6-8-11(9-7-10)12(14)15-13(2,3)4;1-5-11-6-8-12(9-7-11)15-13(14-4)10(2)3;1-5-11-7-9-12(10-8-11)14-13(3,4)6-2;1-5(2)6(16)19-7(3)4-18-9(17,8(7,11)12)10(13,14)15/h12-13,15-18H,2,4-10H2,1,3H3;3,5-6,9-10H,1,4,7-8,11-12H2,2H3;10-14H,1,3-8H2,2H3;5-9H,1H2,2-4H3;5-10,13H,1H2,2-4H3;5,7-10H,1,6H2,2-4H3;17H,1,4H2,2-3H3. The summed E-state index contributed by atoms with van der Waals surface area (Å²) in [6.07, 6.45) is 16.5. The first-order valence-corrected chi connectivity index (χ1v) is 44.3. The Hall–Kier alpha value is -10.1. The zero-order chi connectivity index (χ0) is 96.0. The number of ether oxygens (including phenoxy) is 13. The van der Waals surface area contributed by atoms with Crippen LogP contribution in [-0.4, -0.2) is 145 Å². The number of rotatable bonds is 27. The van der Waals surface area contributed by atoms with E-state index in [2.05, 4.69) is 102 Å². The molecule has 8 saturated carbocycles. The molecule has 0 spiro atoms. The molecular formula is C102H133F5O22. The van der Waals surface area contributed by atoms with E-state index in [0.717, 1.165) is 117 Å². The van der Waals surface area contributed by atoms with Gasteiger partial charge in [-0.1, -0.05) is 165 Å². The summed E-state index contributed by atoms with van der Waals surface area (Å²) in [6, 6.07) is 33.0. The SMILES string of the molecule is C=C(C)C(=O)OC1(C)COC(O)(C(F)(F)F)C1(F)F.C=C(C)C(=O)OC1(c2ccccc2)CCCCC1.C=C(C)C(=O)OCC(=O)OC1C2CC3C1OC(=O)C3C2C(=O)OC1(CC)CCCC1.C=C(C)C(=O)OCOC1C2CC3CC(C2)CC1C3.C=Cc1ccc(C(=O)OC(C)(C)C)cc1.C=Cc1ccc(OC(C)(C)CC)cc1.C=Cc1ccc(OC(OC)C(C)C)cc1. The Kier molecular flexibility index (Phi) is 37.9. The molecule has 0 aromatic heterocycles. The first-order valence-electron chi connectivity index (χ1n) is 44.3. The summed E-state index contributed by atoms with van der Waals surface area (Å²) < 4.78 is 133. The first-order chi connectivity index (χ1) is 60.5. The van der Waals surface area contributed by atoms with Crippen molar-refractivity contribution in [2.45, 2.75) is 277 Å². The number of methoxy groups -OCH3 is 1. The number of benzene rings is 4. The van der Waals surface area contributed by atoms with Crippen molar-refractivity contribution in [2.75, 3.05) is 27.1 Å². The maximum atomic E-state index is 13.8. The van der Waals surface area contributed by atoms with E-state index in [1.807, 2.05) is 113 Å². The van der Waals surface area contributed by atoms with Crippen molar-refractivity contribution in [3.05, 3.63) is 199 Å². The number of hydrogen-bond donors (Lipinski definition) is 1. The highest BCUT2D eigenvalue weighted by Crippen LogP contribution is 2.60. The van der Waals surface area contributed by atoms with Crippen molar-refractivity contribution in [3.8, 4) is 11.5 Å². The molecule has 2 saturated heterocycles. The average Bonchev–Trinajstić information content (AvgIpc) is 1.54. The molecule has 129 heavy (non-hydrogen) atoms. The lowest BCUT2D eigenvalue weighted by atomic mass is 9.55. The minimum absolute atomic E-state index is 0.0876. The van der Waals surface area contributed by atoms with Gasteiger partial charge in [0.25, 0.3) is 0 Å². The third-order valence-corrected chi connectivity index (χ3v) is 24.8. The number of fused-ring (bicyclic) bond motifs is 1. The molecule has 708 valence electrons. The quantitative estimate of drug-likeness (QED) is 0.0191. The van der Waals surface area contributed by atoms with Gasteiger partial charge in [0.2, 0.25) is 11.9 Å². The van der Waals surface area contributed by atoms with E-state index in [4.69, 9.17) is 57.2 Å². The van der Waals surface area contributed by atoms with E-state index in [-0.39, 0.29) is 65.5 Å². The minimum atomic E-state index is -5.75. The molecule has 4 aromatic carbocycles. The largest absolute Gasteiger partial charge is 0.488 e. The number of aliphatic hydroxyl groups is 1. The van der Waals surface area contributed by atoms with Crippen molar-refractivity contribution < 1.29 is 127 Å². The number of halogens is 5. The lowest BCUT2D eigenvalue weighted by Gasteiger charge is -2.53. The van der Waals surface area contributed by atoms with E-state index >= 15 is 0 Å². The number of hydrogen-bond acceptors (Lipinski definition) is 22. The van der Waals surface area contributed by atoms with E-state index in [9.17, 15) is 60.3 Å². The van der Waals surface area contributed by atoms with Gasteiger partial charge in [0, 0.05) is 47.2 Å². The highest BCUT2D eigenvalue weighted by molar-refractivity contribution is 5.91. The van der Waals surface area contributed by atoms with Gasteiger partial charge >= 0.3 is 65.6 Å². The number of esters is 8. The summed E-state index contributed by atoms with van der Waals surface area (Å²) in [7, 11) is 1.66. The van der Waals surface area contributed by atoms with Crippen LogP contribution in [0.1, 0.15) is 239 Å². The Bertz CT molecular complexity index is 4500. The molecule has 8 aliphatic carbocycles. The van der Waals surface area contributed by atoms with E-state index in [1.54, 1.807) is 45.2 Å². The van der Waals surface area contributed by atoms with Crippen LogP contribution in [0.15, 0.2) is 171 Å². The fraction of sp³-hybridized carbons (Fsp3) is 0.549. The second-order valence-electron chi connectivity index (χ2n) is 36.9. The molecule has 14 rings (SSSR count). The summed E-state index contributed by atoms with van der Waals surface area (Å²) >= 11 is 0. The molecular weight excluding hydrogens is 1670 g/mol. The van der Waals surface area contributed by atoms with Gasteiger partial charge in [0.1, 0.15) is 46.1 Å². The Morgan fingerprint density at radius 1 is 0.605 bits per heavy atom. The van der Waals surface area contributed by atoms with Crippen molar-refractivity contribution in [2.24, 2.45) is 53.3 Å². The normalized spacial score (nSPS) is 25.3. The van der Waals surface area contributed by atoms with Gasteiger partial charge in [-0.3, -0.25) is 9.59 Å². The minimum Gasteiger partial charge on any atom is -0.488 e. The van der Waals surface area contributed by atoms with Gasteiger partial charge in [0.15, 0.2) is 13.4 Å². The molecule has 2 heterocycles. The molecule has 1 N–H and O–H groups in total. The van der Waals surface area contributed by atoms with Crippen LogP contribution in [0.4, 0.5) is 22.0 Å². The maximum absolute atomic E-state index is 13.8. The second-order valence-corrected chi connectivity index (χ2v) is 36.9. The molecule has 6 bridgehead atoms. The molecule has 9 unspecified atom stereocenters. The molecule has 0 amide bonds. The third-order valence-electron chi connectivity index (χ3n) is 24.8. The predicted molar refractivity (Wildman–Crippen MR) is 479 cm³/mol. The van der Waals surface area contributed by atoms with Crippen LogP contribution in [0.25, 0.3) is 18.2 Å². The molecule has 4 aromatic rings. The zero-order valence-electron chi connectivity index (χ0n) is 77.6. The molecule has 9 atom stereocenters. The fourth-order valence-electron chi connectivity index (χ4n) is 17.6. The summed E-state index contributed by atoms with van der Waals surface area (Å²) in [6.45, 7) is 47.6. The van der Waals surface area contributed by atoms with E-state index in [1.165, 1.54) is 45.4 Å². The number of carbonyl (C=O) groups is 8. The van der Waals surface area contributed by atoms with Gasteiger partial charge in [0.05, 0.1) is 30.1 Å². The van der Waals surface area contributed by atoms with Crippen molar-refractivity contribution >= 4 is 66.0 Å². The van der Waals surface area contributed by atoms with Gasteiger partial charge in [-0.15, -0.1) is 0 Å². The molecule has 22 nitrogen and oxygen atoms in total. The number of carbonyl (C=O) groups excluding carboxylic acids is 8. The van der Waals surface area contributed by atoms with Gasteiger partial charge in [-0.25, -0.2) is 28.8 Å². The van der Waals surface area contributed by atoms with Gasteiger partial charge in [-0.2, -0.15) is 22.0 Å². The Balaban J connectivity index is 0.000000210. The van der Waals surface area contributed by atoms with Crippen LogP contribution >= 0.6 is 0 Å².